The predicted molar refractivity (Wildman–Crippen MR) is 119 cm³/mol. The summed E-state index contributed by atoms with van der Waals surface area (Å²) in [5.41, 5.74) is 1.16. The molecule has 0 saturated carbocycles. The lowest BCUT2D eigenvalue weighted by Gasteiger charge is -2.25. The number of aromatic nitrogens is 3. The second-order valence-electron chi connectivity index (χ2n) is 7.61. The molecule has 0 unspecified atom stereocenters. The third-order valence-electron chi connectivity index (χ3n) is 5.46. The first-order valence-electron chi connectivity index (χ1n) is 10.3. The first-order valence-corrected chi connectivity index (χ1v) is 11.7. The Morgan fingerprint density at radius 2 is 1.81 bits per heavy atom. The van der Waals surface area contributed by atoms with Crippen molar-refractivity contribution >= 4 is 16.0 Å². The number of nitrogens with zero attached hydrogens (tertiary/aromatic N) is 4. The number of rotatable bonds is 5. The number of hydrogen-bond donors (Lipinski definition) is 1. The number of hydrogen-bond acceptors (Lipinski definition) is 6. The van der Waals surface area contributed by atoms with E-state index in [4.69, 9.17) is 0 Å². The molecular formula is C22H25N5O3S. The molecule has 31 heavy (non-hydrogen) atoms. The van der Waals surface area contributed by atoms with E-state index in [2.05, 4.69) is 15.3 Å². The van der Waals surface area contributed by atoms with Gasteiger partial charge in [-0.2, -0.15) is 4.31 Å². The minimum absolute atomic E-state index is 0.160. The highest BCUT2D eigenvalue weighted by Gasteiger charge is 2.29. The first-order chi connectivity index (χ1) is 14.9. The molecular weight excluding hydrogens is 414 g/mol. The van der Waals surface area contributed by atoms with Gasteiger partial charge in [0.05, 0.1) is 10.6 Å². The summed E-state index contributed by atoms with van der Waals surface area (Å²) in [6, 6.07) is 13.4. The number of pyridine rings is 1. The molecule has 1 atom stereocenters. The van der Waals surface area contributed by atoms with E-state index in [9.17, 15) is 13.2 Å². The summed E-state index contributed by atoms with van der Waals surface area (Å²) >= 11 is 0. The van der Waals surface area contributed by atoms with Crippen molar-refractivity contribution in [3.63, 3.8) is 0 Å². The molecule has 0 spiro atoms. The maximum absolute atomic E-state index is 13.1. The van der Waals surface area contributed by atoms with E-state index < -0.39 is 10.0 Å². The molecule has 0 radical (unpaired) electrons. The van der Waals surface area contributed by atoms with Crippen LogP contribution in [0.25, 0.3) is 11.3 Å². The van der Waals surface area contributed by atoms with Crippen LogP contribution in [0.2, 0.25) is 0 Å². The molecule has 4 rings (SSSR count). The summed E-state index contributed by atoms with van der Waals surface area (Å²) in [6.45, 7) is 0.783. The van der Waals surface area contributed by atoms with Gasteiger partial charge in [0.25, 0.3) is 5.56 Å². The van der Waals surface area contributed by atoms with Gasteiger partial charge >= 0.3 is 0 Å². The number of sulfonamides is 1. The molecule has 1 saturated heterocycles. The predicted octanol–water partition coefficient (Wildman–Crippen LogP) is 2.50. The number of nitrogens with one attached hydrogen (secondary N) is 1. The molecule has 1 aliphatic heterocycles. The molecule has 8 nitrogen and oxygen atoms in total. The summed E-state index contributed by atoms with van der Waals surface area (Å²) in [4.78, 5) is 21.4. The highest BCUT2D eigenvalue weighted by molar-refractivity contribution is 7.89. The second-order valence-corrected chi connectivity index (χ2v) is 9.55. The highest BCUT2D eigenvalue weighted by Crippen LogP contribution is 2.22. The highest BCUT2D eigenvalue weighted by atomic mass is 32.2. The Labute approximate surface area is 181 Å². The monoisotopic (exact) mass is 439 g/mol. The zero-order chi connectivity index (χ0) is 21.8. The third kappa shape index (κ3) is 4.67. The average molecular weight is 440 g/mol. The SMILES string of the molecule is Cn1c(N[C@H]2CCCCN(S(=O)(=O)c3ccccc3)C2)nc(-c2ccncc2)cc1=O. The van der Waals surface area contributed by atoms with Crippen LogP contribution in [-0.4, -0.2) is 46.4 Å². The quantitative estimate of drug-likeness (QED) is 0.656. The molecule has 3 aromatic rings. The molecule has 1 aromatic carbocycles. The lowest BCUT2D eigenvalue weighted by Crippen LogP contribution is -2.40. The van der Waals surface area contributed by atoms with Gasteiger partial charge in [-0.3, -0.25) is 14.3 Å². The average Bonchev–Trinajstić information content (AvgIpc) is 3.04. The topological polar surface area (TPSA) is 97.2 Å². The fourth-order valence-corrected chi connectivity index (χ4v) is 5.25. The van der Waals surface area contributed by atoms with Crippen molar-refractivity contribution in [3.8, 4) is 11.3 Å². The first kappa shape index (κ1) is 21.2. The van der Waals surface area contributed by atoms with Crippen molar-refractivity contribution in [2.75, 3.05) is 18.4 Å². The van der Waals surface area contributed by atoms with Crippen LogP contribution in [-0.2, 0) is 17.1 Å². The Bertz CT molecular complexity index is 1200. The Morgan fingerprint density at radius 3 is 2.55 bits per heavy atom. The van der Waals surface area contributed by atoms with Gasteiger partial charge in [0.2, 0.25) is 16.0 Å². The van der Waals surface area contributed by atoms with Gasteiger partial charge in [0.1, 0.15) is 0 Å². The van der Waals surface area contributed by atoms with Crippen LogP contribution in [0.5, 0.6) is 0 Å². The lowest BCUT2D eigenvalue weighted by atomic mass is 10.1. The zero-order valence-corrected chi connectivity index (χ0v) is 18.1. The van der Waals surface area contributed by atoms with E-state index in [1.807, 2.05) is 0 Å². The summed E-state index contributed by atoms with van der Waals surface area (Å²) in [6.07, 6.45) is 5.76. The van der Waals surface area contributed by atoms with Crippen LogP contribution in [0.3, 0.4) is 0 Å². The number of benzene rings is 1. The van der Waals surface area contributed by atoms with Crippen LogP contribution < -0.4 is 10.9 Å². The zero-order valence-electron chi connectivity index (χ0n) is 17.3. The maximum atomic E-state index is 13.1. The van der Waals surface area contributed by atoms with E-state index in [-0.39, 0.29) is 11.6 Å². The summed E-state index contributed by atoms with van der Waals surface area (Å²) in [5, 5.41) is 3.32. The summed E-state index contributed by atoms with van der Waals surface area (Å²) < 4.78 is 29.2. The molecule has 0 amide bonds. The molecule has 1 fully saturated rings. The van der Waals surface area contributed by atoms with E-state index in [1.54, 1.807) is 61.9 Å². The minimum Gasteiger partial charge on any atom is -0.352 e. The van der Waals surface area contributed by atoms with Crippen molar-refractivity contribution in [3.05, 3.63) is 71.3 Å². The largest absolute Gasteiger partial charge is 0.352 e. The Kier molecular flexibility index (Phi) is 6.15. The van der Waals surface area contributed by atoms with Crippen LogP contribution in [0.4, 0.5) is 5.95 Å². The summed E-state index contributed by atoms with van der Waals surface area (Å²) in [5.74, 6) is 0.420. The van der Waals surface area contributed by atoms with Crippen LogP contribution in [0.1, 0.15) is 19.3 Å². The van der Waals surface area contributed by atoms with E-state index in [0.29, 0.717) is 29.6 Å². The Balaban J connectivity index is 1.60. The van der Waals surface area contributed by atoms with Crippen LogP contribution in [0.15, 0.2) is 70.6 Å². The summed E-state index contributed by atoms with van der Waals surface area (Å²) in [7, 11) is -1.93. The van der Waals surface area contributed by atoms with Gasteiger partial charge in [-0.15, -0.1) is 0 Å². The lowest BCUT2D eigenvalue weighted by molar-refractivity contribution is 0.412. The Morgan fingerprint density at radius 1 is 1.06 bits per heavy atom. The van der Waals surface area contributed by atoms with Crippen molar-refractivity contribution in [1.29, 1.82) is 0 Å². The fraction of sp³-hybridized carbons (Fsp3) is 0.318. The van der Waals surface area contributed by atoms with Gasteiger partial charge in [-0.05, 0) is 37.1 Å². The van der Waals surface area contributed by atoms with Gasteiger partial charge in [-0.1, -0.05) is 24.6 Å². The molecule has 1 N–H and O–H groups in total. The molecule has 9 heteroatoms. The third-order valence-corrected chi connectivity index (χ3v) is 7.34. The van der Waals surface area contributed by atoms with Crippen LogP contribution in [0, 0.1) is 0 Å². The Hall–Kier alpha value is -3.04. The van der Waals surface area contributed by atoms with Crippen molar-refractivity contribution in [2.24, 2.45) is 7.05 Å². The smallest absolute Gasteiger partial charge is 0.255 e. The van der Waals surface area contributed by atoms with Crippen LogP contribution >= 0.6 is 0 Å². The van der Waals surface area contributed by atoms with Gasteiger partial charge in [-0.25, -0.2) is 13.4 Å². The molecule has 2 aromatic heterocycles. The van der Waals surface area contributed by atoms with E-state index in [1.165, 1.54) is 14.9 Å². The van der Waals surface area contributed by atoms with Crippen molar-refractivity contribution in [2.45, 2.75) is 30.2 Å². The molecule has 3 heterocycles. The molecule has 1 aliphatic rings. The van der Waals surface area contributed by atoms with Crippen molar-refractivity contribution in [1.82, 2.24) is 18.8 Å². The van der Waals surface area contributed by atoms with Gasteiger partial charge < -0.3 is 5.32 Å². The minimum atomic E-state index is -3.58. The number of anilines is 1. The van der Waals surface area contributed by atoms with E-state index in [0.717, 1.165) is 24.8 Å². The van der Waals surface area contributed by atoms with Crippen molar-refractivity contribution < 1.29 is 8.42 Å². The molecule has 0 aliphatic carbocycles. The molecule has 0 bridgehead atoms. The van der Waals surface area contributed by atoms with Gasteiger partial charge in [0, 0.05) is 50.2 Å². The standard InChI is InChI=1S/C22H25N5O3S/c1-26-21(28)15-20(17-10-12-23-13-11-17)25-22(26)24-18-7-5-6-14-27(16-18)31(29,30)19-8-3-2-4-9-19/h2-4,8-13,15,18H,5-7,14,16H2,1H3,(H,24,25)/t18-/m0/s1. The van der Waals surface area contributed by atoms with Gasteiger partial charge in [0.15, 0.2) is 0 Å². The molecule has 162 valence electrons. The maximum Gasteiger partial charge on any atom is 0.255 e. The van der Waals surface area contributed by atoms with E-state index >= 15 is 0 Å². The second kappa shape index (κ2) is 8.99. The normalized spacial score (nSPS) is 17.8. The fourth-order valence-electron chi connectivity index (χ4n) is 3.71.